The van der Waals surface area contributed by atoms with Crippen LogP contribution >= 0.6 is 0 Å². The largest absolute Gasteiger partial charge is 0.461 e. The first-order chi connectivity index (χ1) is 13.2. The fourth-order valence-electron chi connectivity index (χ4n) is 3.04. The minimum atomic E-state index is 0.0284. The number of amides is 1. The number of aryl methyl sites for hydroxylation is 1. The van der Waals surface area contributed by atoms with Crippen LogP contribution in [0.3, 0.4) is 0 Å². The Morgan fingerprint density at radius 2 is 1.93 bits per heavy atom. The second kappa shape index (κ2) is 7.45. The molecular formula is C21H19N3O3. The van der Waals surface area contributed by atoms with E-state index < -0.39 is 0 Å². The number of furan rings is 1. The maximum atomic E-state index is 12.5. The Kier molecular flexibility index (Phi) is 4.70. The smallest absolute Gasteiger partial charge is 0.238 e. The van der Waals surface area contributed by atoms with Crippen molar-refractivity contribution in [3.63, 3.8) is 0 Å². The van der Waals surface area contributed by atoms with Crippen molar-refractivity contribution in [3.8, 4) is 11.6 Å². The van der Waals surface area contributed by atoms with Crippen molar-refractivity contribution in [1.82, 2.24) is 15.0 Å². The highest BCUT2D eigenvalue weighted by Crippen LogP contribution is 2.20. The number of benzene rings is 2. The van der Waals surface area contributed by atoms with Gasteiger partial charge in [-0.2, -0.15) is 4.98 Å². The molecular weight excluding hydrogens is 342 g/mol. The number of fused-ring (bicyclic) bond motifs is 1. The molecule has 0 N–H and O–H groups in total. The van der Waals surface area contributed by atoms with Gasteiger partial charge in [-0.1, -0.05) is 47.6 Å². The molecule has 4 aromatic rings. The van der Waals surface area contributed by atoms with Crippen LogP contribution in [-0.4, -0.2) is 28.0 Å². The van der Waals surface area contributed by atoms with Crippen molar-refractivity contribution in [2.45, 2.75) is 19.4 Å². The molecule has 0 spiro atoms. The maximum absolute atomic E-state index is 12.5. The van der Waals surface area contributed by atoms with E-state index in [0.717, 1.165) is 5.56 Å². The average Bonchev–Trinajstić information content (AvgIpc) is 3.38. The van der Waals surface area contributed by atoms with Gasteiger partial charge in [-0.15, -0.1) is 0 Å². The molecule has 0 fully saturated rings. The van der Waals surface area contributed by atoms with Crippen molar-refractivity contribution in [2.24, 2.45) is 0 Å². The minimum Gasteiger partial charge on any atom is -0.461 e. The summed E-state index contributed by atoms with van der Waals surface area (Å²) in [6.45, 7) is 0.557. The summed E-state index contributed by atoms with van der Waals surface area (Å²) in [7, 11) is 1.81. The third-order valence-corrected chi connectivity index (χ3v) is 4.48. The van der Waals surface area contributed by atoms with Crippen molar-refractivity contribution in [3.05, 3.63) is 72.3 Å². The van der Waals surface area contributed by atoms with E-state index in [-0.39, 0.29) is 5.91 Å². The number of carbonyl (C=O) groups excluding carboxylic acids is 1. The van der Waals surface area contributed by atoms with Gasteiger partial charge in [0.05, 0.1) is 6.26 Å². The lowest BCUT2D eigenvalue weighted by molar-refractivity contribution is -0.130. The fourth-order valence-corrected chi connectivity index (χ4v) is 3.04. The molecule has 6 heteroatoms. The quantitative estimate of drug-likeness (QED) is 0.517. The van der Waals surface area contributed by atoms with Crippen LogP contribution in [0.2, 0.25) is 0 Å². The summed E-state index contributed by atoms with van der Waals surface area (Å²) in [5.74, 6) is 1.39. The van der Waals surface area contributed by atoms with Crippen LogP contribution in [0, 0.1) is 0 Å². The van der Waals surface area contributed by atoms with Crippen LogP contribution in [0.5, 0.6) is 0 Å². The molecule has 6 nitrogen and oxygen atoms in total. The van der Waals surface area contributed by atoms with Gasteiger partial charge in [0.25, 0.3) is 0 Å². The summed E-state index contributed by atoms with van der Waals surface area (Å²) in [5.41, 5.74) is 1.13. The number of rotatable bonds is 6. The van der Waals surface area contributed by atoms with Crippen LogP contribution in [0.15, 0.2) is 69.8 Å². The molecule has 2 heterocycles. The molecule has 0 aliphatic heterocycles. The van der Waals surface area contributed by atoms with Gasteiger partial charge in [-0.3, -0.25) is 4.79 Å². The molecule has 0 aliphatic carbocycles. The third-order valence-electron chi connectivity index (χ3n) is 4.48. The molecule has 0 saturated heterocycles. The minimum absolute atomic E-state index is 0.0284. The topological polar surface area (TPSA) is 72.4 Å². The lowest BCUT2D eigenvalue weighted by Crippen LogP contribution is -2.26. The van der Waals surface area contributed by atoms with Gasteiger partial charge in [0.15, 0.2) is 5.76 Å². The van der Waals surface area contributed by atoms with E-state index in [1.54, 1.807) is 23.3 Å². The Balaban J connectivity index is 1.38. The van der Waals surface area contributed by atoms with Gasteiger partial charge in [-0.05, 0) is 28.5 Å². The third kappa shape index (κ3) is 3.74. The van der Waals surface area contributed by atoms with E-state index in [2.05, 4.69) is 34.4 Å². The number of carbonyl (C=O) groups is 1. The summed E-state index contributed by atoms with van der Waals surface area (Å²) in [5, 5.41) is 6.22. The molecule has 2 aromatic carbocycles. The first kappa shape index (κ1) is 17.0. The molecule has 0 saturated carbocycles. The molecule has 2 aromatic heterocycles. The average molecular weight is 361 g/mol. The SMILES string of the molecule is CN(Cc1cccc2ccccc12)C(=O)CCc1nc(-c2ccco2)no1. The molecule has 136 valence electrons. The number of hydrogen-bond donors (Lipinski definition) is 0. The first-order valence-corrected chi connectivity index (χ1v) is 8.78. The van der Waals surface area contributed by atoms with Crippen LogP contribution < -0.4 is 0 Å². The Hall–Kier alpha value is -3.41. The predicted octanol–water partition coefficient (Wildman–Crippen LogP) is 4.07. The van der Waals surface area contributed by atoms with E-state index in [9.17, 15) is 4.79 Å². The summed E-state index contributed by atoms with van der Waals surface area (Å²) in [4.78, 5) is 18.5. The Bertz CT molecular complexity index is 1050. The van der Waals surface area contributed by atoms with Gasteiger partial charge < -0.3 is 13.8 Å². The van der Waals surface area contributed by atoms with E-state index in [0.29, 0.717) is 36.9 Å². The summed E-state index contributed by atoms with van der Waals surface area (Å²) < 4.78 is 10.4. The van der Waals surface area contributed by atoms with E-state index in [4.69, 9.17) is 8.94 Å². The van der Waals surface area contributed by atoms with Crippen LogP contribution in [-0.2, 0) is 17.8 Å². The van der Waals surface area contributed by atoms with Gasteiger partial charge in [-0.25, -0.2) is 0 Å². The van der Waals surface area contributed by atoms with Crippen LogP contribution in [0.4, 0.5) is 0 Å². The molecule has 4 rings (SSSR count). The molecule has 0 aliphatic rings. The number of aromatic nitrogens is 2. The summed E-state index contributed by atoms with van der Waals surface area (Å²) in [6.07, 6.45) is 2.25. The monoisotopic (exact) mass is 361 g/mol. The van der Waals surface area contributed by atoms with Gasteiger partial charge in [0, 0.05) is 26.4 Å². The molecule has 27 heavy (non-hydrogen) atoms. The standard InChI is InChI=1S/C21H19N3O3/c1-24(14-16-8-4-7-15-6-2-3-9-17(15)16)20(25)12-11-19-22-21(23-27-19)18-10-5-13-26-18/h2-10,13H,11-12,14H2,1H3. The van der Waals surface area contributed by atoms with Crippen molar-refractivity contribution in [1.29, 1.82) is 0 Å². The van der Waals surface area contributed by atoms with E-state index >= 15 is 0 Å². The first-order valence-electron chi connectivity index (χ1n) is 8.78. The van der Waals surface area contributed by atoms with E-state index in [1.807, 2.05) is 25.2 Å². The predicted molar refractivity (Wildman–Crippen MR) is 101 cm³/mol. The fraction of sp³-hybridized carbons (Fsp3) is 0.190. The molecule has 0 radical (unpaired) electrons. The molecule has 1 amide bonds. The highest BCUT2D eigenvalue weighted by Gasteiger charge is 2.15. The lowest BCUT2D eigenvalue weighted by Gasteiger charge is -2.18. The lowest BCUT2D eigenvalue weighted by atomic mass is 10.0. The normalized spacial score (nSPS) is 11.0. The molecule has 0 unspecified atom stereocenters. The Morgan fingerprint density at radius 1 is 1.07 bits per heavy atom. The Morgan fingerprint density at radius 3 is 2.78 bits per heavy atom. The highest BCUT2D eigenvalue weighted by molar-refractivity contribution is 5.86. The van der Waals surface area contributed by atoms with Crippen LogP contribution in [0.1, 0.15) is 17.9 Å². The molecule has 0 bridgehead atoms. The Labute approximate surface area is 156 Å². The number of hydrogen-bond acceptors (Lipinski definition) is 5. The maximum Gasteiger partial charge on any atom is 0.238 e. The van der Waals surface area contributed by atoms with Crippen molar-refractivity contribution in [2.75, 3.05) is 7.05 Å². The van der Waals surface area contributed by atoms with Gasteiger partial charge in [0.1, 0.15) is 0 Å². The molecule has 0 atom stereocenters. The zero-order valence-electron chi connectivity index (χ0n) is 15.0. The van der Waals surface area contributed by atoms with Crippen molar-refractivity contribution >= 4 is 16.7 Å². The van der Waals surface area contributed by atoms with Crippen molar-refractivity contribution < 1.29 is 13.7 Å². The second-order valence-electron chi connectivity index (χ2n) is 6.38. The van der Waals surface area contributed by atoms with Gasteiger partial charge >= 0.3 is 0 Å². The van der Waals surface area contributed by atoms with Gasteiger partial charge in [0.2, 0.25) is 17.6 Å². The summed E-state index contributed by atoms with van der Waals surface area (Å²) >= 11 is 0. The zero-order valence-corrected chi connectivity index (χ0v) is 15.0. The van der Waals surface area contributed by atoms with Crippen LogP contribution in [0.25, 0.3) is 22.4 Å². The highest BCUT2D eigenvalue weighted by atomic mass is 16.5. The van der Waals surface area contributed by atoms with E-state index in [1.165, 1.54) is 10.8 Å². The second-order valence-corrected chi connectivity index (χ2v) is 6.38. The number of nitrogens with zero attached hydrogens (tertiary/aromatic N) is 3. The zero-order chi connectivity index (χ0) is 18.6. The summed E-state index contributed by atoms with van der Waals surface area (Å²) in [6, 6.07) is 17.9.